The van der Waals surface area contributed by atoms with E-state index in [1.165, 1.54) is 4.90 Å². The number of carboxylic acid groups (broad SMARTS) is 1. The predicted octanol–water partition coefficient (Wildman–Crippen LogP) is 3.46. The minimum atomic E-state index is -0.963. The molecule has 7 heteroatoms. The van der Waals surface area contributed by atoms with Crippen molar-refractivity contribution >= 4 is 17.8 Å². The van der Waals surface area contributed by atoms with Gasteiger partial charge in [0.25, 0.3) is 11.8 Å². The minimum absolute atomic E-state index is 0.00920. The highest BCUT2D eigenvalue weighted by atomic mass is 16.4. The van der Waals surface area contributed by atoms with Crippen molar-refractivity contribution in [3.63, 3.8) is 0 Å². The van der Waals surface area contributed by atoms with Gasteiger partial charge in [-0.2, -0.15) is 0 Å². The van der Waals surface area contributed by atoms with Crippen molar-refractivity contribution in [2.24, 2.45) is 5.92 Å². The highest BCUT2D eigenvalue weighted by Crippen LogP contribution is 2.22. The highest BCUT2D eigenvalue weighted by Gasteiger charge is 2.34. The van der Waals surface area contributed by atoms with Crippen molar-refractivity contribution < 1.29 is 19.5 Å². The summed E-state index contributed by atoms with van der Waals surface area (Å²) in [6.45, 7) is 7.03. The molecular formula is C24H29N3O4. The molecule has 164 valence electrons. The maximum absolute atomic E-state index is 13.1. The second kappa shape index (κ2) is 9.73. The minimum Gasteiger partial charge on any atom is -0.480 e. The largest absolute Gasteiger partial charge is 0.480 e. The fourth-order valence-electron chi connectivity index (χ4n) is 3.80. The van der Waals surface area contributed by atoms with Gasteiger partial charge in [0.15, 0.2) is 0 Å². The van der Waals surface area contributed by atoms with Gasteiger partial charge >= 0.3 is 5.97 Å². The lowest BCUT2D eigenvalue weighted by Gasteiger charge is -2.32. The lowest BCUT2D eigenvalue weighted by atomic mass is 10.0. The first-order valence-electron chi connectivity index (χ1n) is 10.6. The van der Waals surface area contributed by atoms with Crippen LogP contribution in [0.4, 0.5) is 0 Å². The molecule has 1 aromatic heterocycles. The van der Waals surface area contributed by atoms with Gasteiger partial charge in [-0.25, -0.2) is 4.79 Å². The molecule has 2 amide bonds. The van der Waals surface area contributed by atoms with Crippen LogP contribution in [0.15, 0.2) is 48.8 Å². The van der Waals surface area contributed by atoms with E-state index in [9.17, 15) is 19.5 Å². The van der Waals surface area contributed by atoms with Crippen LogP contribution in [0.2, 0.25) is 0 Å². The number of rotatable bonds is 7. The van der Waals surface area contributed by atoms with E-state index in [4.69, 9.17) is 0 Å². The van der Waals surface area contributed by atoms with Crippen molar-refractivity contribution in [1.29, 1.82) is 0 Å². The molecule has 0 bridgehead atoms. The van der Waals surface area contributed by atoms with Crippen molar-refractivity contribution in [3.8, 4) is 0 Å². The van der Waals surface area contributed by atoms with E-state index >= 15 is 0 Å². The van der Waals surface area contributed by atoms with Gasteiger partial charge in [0.05, 0.1) is 5.56 Å². The number of hydrogen-bond donors (Lipinski definition) is 1. The fourth-order valence-corrected chi connectivity index (χ4v) is 3.80. The zero-order valence-electron chi connectivity index (χ0n) is 18.2. The summed E-state index contributed by atoms with van der Waals surface area (Å²) in [4.78, 5) is 44.6. The van der Waals surface area contributed by atoms with Gasteiger partial charge < -0.3 is 14.9 Å². The van der Waals surface area contributed by atoms with Crippen molar-refractivity contribution in [2.75, 3.05) is 6.54 Å². The fraction of sp³-hybridized carbons (Fsp3) is 0.417. The van der Waals surface area contributed by atoms with E-state index < -0.39 is 12.0 Å². The molecule has 7 nitrogen and oxygen atoms in total. The SMILES string of the molecule is CC(C)C(C)N(Cc1ccc(C(=O)N2CCC[C@@H]2C(=O)O)cc1)C(=O)c1cccnc1. The van der Waals surface area contributed by atoms with Gasteiger partial charge in [-0.15, -0.1) is 0 Å². The molecule has 1 saturated heterocycles. The number of benzene rings is 1. The number of hydrogen-bond acceptors (Lipinski definition) is 4. The first-order chi connectivity index (χ1) is 14.8. The first kappa shape index (κ1) is 22.5. The Labute approximate surface area is 182 Å². The van der Waals surface area contributed by atoms with E-state index in [-0.39, 0.29) is 23.8 Å². The van der Waals surface area contributed by atoms with Gasteiger partial charge in [-0.05, 0) is 55.5 Å². The number of amides is 2. The molecule has 2 atom stereocenters. The molecule has 1 unspecified atom stereocenters. The molecule has 0 aliphatic carbocycles. The van der Waals surface area contributed by atoms with Gasteiger partial charge in [0, 0.05) is 37.1 Å². The van der Waals surface area contributed by atoms with Crippen LogP contribution in [-0.2, 0) is 11.3 Å². The first-order valence-corrected chi connectivity index (χ1v) is 10.6. The zero-order valence-corrected chi connectivity index (χ0v) is 18.2. The molecule has 1 aliphatic heterocycles. The molecule has 2 aromatic rings. The Hall–Kier alpha value is -3.22. The third-order valence-electron chi connectivity index (χ3n) is 5.98. The molecular weight excluding hydrogens is 394 g/mol. The Balaban J connectivity index is 1.77. The number of carbonyl (C=O) groups excluding carboxylic acids is 2. The summed E-state index contributed by atoms with van der Waals surface area (Å²) in [6.07, 6.45) is 4.38. The van der Waals surface area contributed by atoms with Crippen LogP contribution in [0.3, 0.4) is 0 Å². The van der Waals surface area contributed by atoms with E-state index in [0.717, 1.165) is 5.56 Å². The molecule has 0 radical (unpaired) electrons. The van der Waals surface area contributed by atoms with Crippen LogP contribution >= 0.6 is 0 Å². The number of aliphatic carboxylic acids is 1. The Morgan fingerprint density at radius 3 is 2.42 bits per heavy atom. The number of carboxylic acids is 1. The van der Waals surface area contributed by atoms with E-state index in [0.29, 0.717) is 37.1 Å². The second-order valence-corrected chi connectivity index (χ2v) is 8.35. The standard InChI is InChI=1S/C24H29N3O4/c1-16(2)17(3)27(23(29)20-6-4-12-25-14-20)15-18-8-10-19(11-9-18)22(28)26-13-5-7-21(26)24(30)31/h4,6,8-12,14,16-17,21H,5,7,13,15H2,1-3H3,(H,30,31)/t17?,21-/m1/s1. The molecule has 1 aliphatic rings. The monoisotopic (exact) mass is 423 g/mol. The number of carbonyl (C=O) groups is 3. The van der Waals surface area contributed by atoms with Crippen LogP contribution in [0.25, 0.3) is 0 Å². The van der Waals surface area contributed by atoms with Crippen LogP contribution in [-0.4, -0.2) is 56.3 Å². The van der Waals surface area contributed by atoms with Crippen LogP contribution in [0.1, 0.15) is 59.9 Å². The number of aromatic nitrogens is 1. The predicted molar refractivity (Wildman–Crippen MR) is 117 cm³/mol. The summed E-state index contributed by atoms with van der Waals surface area (Å²) >= 11 is 0. The summed E-state index contributed by atoms with van der Waals surface area (Å²) < 4.78 is 0. The average molecular weight is 424 g/mol. The van der Waals surface area contributed by atoms with E-state index in [1.54, 1.807) is 36.7 Å². The maximum atomic E-state index is 13.1. The summed E-state index contributed by atoms with van der Waals surface area (Å²) in [7, 11) is 0. The Kier molecular flexibility index (Phi) is 7.05. The van der Waals surface area contributed by atoms with Gasteiger partial charge in [0.1, 0.15) is 6.04 Å². The van der Waals surface area contributed by atoms with Crippen molar-refractivity contribution in [3.05, 3.63) is 65.5 Å². The average Bonchev–Trinajstić information content (AvgIpc) is 3.27. The Bertz CT molecular complexity index is 928. The Morgan fingerprint density at radius 2 is 1.84 bits per heavy atom. The molecule has 1 fully saturated rings. The maximum Gasteiger partial charge on any atom is 0.326 e. The van der Waals surface area contributed by atoms with Gasteiger partial charge in [-0.1, -0.05) is 26.0 Å². The number of likely N-dealkylation sites (tertiary alicyclic amines) is 1. The summed E-state index contributed by atoms with van der Waals surface area (Å²) in [6, 6.07) is 9.83. The van der Waals surface area contributed by atoms with Crippen molar-refractivity contribution in [1.82, 2.24) is 14.8 Å². The van der Waals surface area contributed by atoms with E-state index in [1.807, 2.05) is 24.0 Å². The number of pyridine rings is 1. The molecule has 31 heavy (non-hydrogen) atoms. The third-order valence-corrected chi connectivity index (χ3v) is 5.98. The molecule has 1 aromatic carbocycles. The van der Waals surface area contributed by atoms with Crippen LogP contribution in [0.5, 0.6) is 0 Å². The molecule has 1 N–H and O–H groups in total. The number of nitrogens with zero attached hydrogens (tertiary/aromatic N) is 3. The highest BCUT2D eigenvalue weighted by molar-refractivity contribution is 5.97. The van der Waals surface area contributed by atoms with Gasteiger partial charge in [-0.3, -0.25) is 14.6 Å². The third kappa shape index (κ3) is 5.10. The Morgan fingerprint density at radius 1 is 1.13 bits per heavy atom. The molecule has 0 spiro atoms. The lowest BCUT2D eigenvalue weighted by molar-refractivity contribution is -0.141. The van der Waals surface area contributed by atoms with E-state index in [2.05, 4.69) is 18.8 Å². The summed E-state index contributed by atoms with van der Waals surface area (Å²) in [5.74, 6) is -1.05. The molecule has 2 heterocycles. The second-order valence-electron chi connectivity index (χ2n) is 8.35. The van der Waals surface area contributed by atoms with Crippen molar-refractivity contribution in [2.45, 2.75) is 52.2 Å². The zero-order chi connectivity index (χ0) is 22.5. The smallest absolute Gasteiger partial charge is 0.326 e. The van der Waals surface area contributed by atoms with Crippen LogP contribution < -0.4 is 0 Å². The lowest BCUT2D eigenvalue weighted by Crippen LogP contribution is -2.41. The van der Waals surface area contributed by atoms with Crippen LogP contribution in [0, 0.1) is 5.92 Å². The van der Waals surface area contributed by atoms with Gasteiger partial charge in [0.2, 0.25) is 0 Å². The quantitative estimate of drug-likeness (QED) is 0.737. The topological polar surface area (TPSA) is 90.8 Å². The molecule has 3 rings (SSSR count). The summed E-state index contributed by atoms with van der Waals surface area (Å²) in [5.41, 5.74) is 1.90. The molecule has 0 saturated carbocycles. The normalized spacial score (nSPS) is 16.9. The summed E-state index contributed by atoms with van der Waals surface area (Å²) in [5, 5.41) is 9.33.